The van der Waals surface area contributed by atoms with Gasteiger partial charge in [-0.15, -0.1) is 0 Å². The second kappa shape index (κ2) is 6.33. The van der Waals surface area contributed by atoms with Gasteiger partial charge in [-0.3, -0.25) is 9.78 Å². The van der Waals surface area contributed by atoms with Crippen LogP contribution in [-0.4, -0.2) is 18.0 Å². The van der Waals surface area contributed by atoms with Gasteiger partial charge in [-0.2, -0.15) is 0 Å². The molecule has 1 amide bonds. The van der Waals surface area contributed by atoms with Crippen molar-refractivity contribution >= 4 is 21.8 Å². The van der Waals surface area contributed by atoms with Gasteiger partial charge in [-0.1, -0.05) is 6.07 Å². The molecule has 0 aliphatic rings. The predicted octanol–water partition coefficient (Wildman–Crippen LogP) is 2.78. The molecule has 0 aliphatic carbocycles. The van der Waals surface area contributed by atoms with Crippen molar-refractivity contribution in [3.8, 4) is 5.75 Å². The number of carbonyl (C=O) groups excluding carboxylic acids is 1. The Bertz CT molecular complexity index is 573. The first-order valence-corrected chi connectivity index (χ1v) is 6.50. The van der Waals surface area contributed by atoms with Crippen molar-refractivity contribution in [2.75, 3.05) is 7.11 Å². The second-order valence-electron chi connectivity index (χ2n) is 3.89. The first-order valence-electron chi connectivity index (χ1n) is 5.71. The fraction of sp³-hybridized carbons (Fsp3) is 0.143. The number of hydrogen-bond acceptors (Lipinski definition) is 3. The summed E-state index contributed by atoms with van der Waals surface area (Å²) in [7, 11) is 1.57. The summed E-state index contributed by atoms with van der Waals surface area (Å²) in [5, 5.41) is 2.84. The zero-order chi connectivity index (χ0) is 13.7. The fourth-order valence-corrected chi connectivity index (χ4v) is 2.01. The van der Waals surface area contributed by atoms with E-state index in [9.17, 15) is 4.79 Å². The lowest BCUT2D eigenvalue weighted by Gasteiger charge is -2.08. The molecule has 0 unspecified atom stereocenters. The second-order valence-corrected chi connectivity index (χ2v) is 4.74. The lowest BCUT2D eigenvalue weighted by molar-refractivity contribution is 0.0949. The number of nitrogens with zero attached hydrogens (tertiary/aromatic N) is 1. The number of rotatable bonds is 4. The average molecular weight is 321 g/mol. The monoisotopic (exact) mass is 320 g/mol. The van der Waals surface area contributed by atoms with Gasteiger partial charge in [0.1, 0.15) is 5.75 Å². The minimum atomic E-state index is -0.158. The Balaban J connectivity index is 2.08. The number of halogens is 1. The van der Waals surface area contributed by atoms with Gasteiger partial charge in [0.05, 0.1) is 12.7 Å². The molecule has 1 aromatic heterocycles. The lowest BCUT2D eigenvalue weighted by atomic mass is 10.2. The standard InChI is InChI=1S/C14H13BrN2O2/c1-19-11-4-5-13(15)12(7-11)14(18)17-9-10-3-2-6-16-8-10/h2-8H,9H2,1H3,(H,17,18). The van der Waals surface area contributed by atoms with E-state index >= 15 is 0 Å². The van der Waals surface area contributed by atoms with Crippen LogP contribution in [-0.2, 0) is 6.54 Å². The van der Waals surface area contributed by atoms with Gasteiger partial charge in [-0.25, -0.2) is 0 Å². The van der Waals surface area contributed by atoms with Crippen molar-refractivity contribution in [3.05, 3.63) is 58.3 Å². The molecule has 0 radical (unpaired) electrons. The molecule has 0 bridgehead atoms. The molecular weight excluding hydrogens is 308 g/mol. The van der Waals surface area contributed by atoms with E-state index in [4.69, 9.17) is 4.74 Å². The zero-order valence-electron chi connectivity index (χ0n) is 10.4. The SMILES string of the molecule is COc1ccc(Br)c(C(=O)NCc2cccnc2)c1. The number of hydrogen-bond donors (Lipinski definition) is 1. The lowest BCUT2D eigenvalue weighted by Crippen LogP contribution is -2.23. The third-order valence-electron chi connectivity index (χ3n) is 2.59. The van der Waals surface area contributed by atoms with Crippen LogP contribution in [0.15, 0.2) is 47.2 Å². The number of nitrogens with one attached hydrogen (secondary N) is 1. The van der Waals surface area contributed by atoms with E-state index in [1.807, 2.05) is 12.1 Å². The van der Waals surface area contributed by atoms with E-state index in [2.05, 4.69) is 26.2 Å². The van der Waals surface area contributed by atoms with Crippen molar-refractivity contribution in [2.24, 2.45) is 0 Å². The Morgan fingerprint density at radius 2 is 2.26 bits per heavy atom. The molecule has 2 rings (SSSR count). The Labute approximate surface area is 119 Å². The van der Waals surface area contributed by atoms with Crippen LogP contribution in [0.1, 0.15) is 15.9 Å². The van der Waals surface area contributed by atoms with Crippen molar-refractivity contribution in [3.63, 3.8) is 0 Å². The van der Waals surface area contributed by atoms with E-state index in [-0.39, 0.29) is 5.91 Å². The predicted molar refractivity (Wildman–Crippen MR) is 76.1 cm³/mol. The number of pyridine rings is 1. The fourth-order valence-electron chi connectivity index (χ4n) is 1.59. The number of ether oxygens (including phenoxy) is 1. The van der Waals surface area contributed by atoms with E-state index < -0.39 is 0 Å². The highest BCUT2D eigenvalue weighted by Crippen LogP contribution is 2.22. The van der Waals surface area contributed by atoms with Crippen molar-refractivity contribution in [1.29, 1.82) is 0 Å². The summed E-state index contributed by atoms with van der Waals surface area (Å²) in [5.74, 6) is 0.490. The highest BCUT2D eigenvalue weighted by molar-refractivity contribution is 9.10. The van der Waals surface area contributed by atoms with E-state index in [0.29, 0.717) is 17.9 Å². The van der Waals surface area contributed by atoms with Gasteiger partial charge in [0.2, 0.25) is 0 Å². The summed E-state index contributed by atoms with van der Waals surface area (Å²) in [6.07, 6.45) is 3.42. The molecule has 98 valence electrons. The normalized spacial score (nSPS) is 10.0. The number of methoxy groups -OCH3 is 1. The van der Waals surface area contributed by atoms with Crippen LogP contribution in [0.4, 0.5) is 0 Å². The maximum atomic E-state index is 12.1. The summed E-state index contributed by atoms with van der Waals surface area (Å²) in [6.45, 7) is 0.441. The molecule has 19 heavy (non-hydrogen) atoms. The summed E-state index contributed by atoms with van der Waals surface area (Å²) >= 11 is 3.36. The van der Waals surface area contributed by atoms with Crippen LogP contribution < -0.4 is 10.1 Å². The first kappa shape index (κ1) is 13.5. The quantitative estimate of drug-likeness (QED) is 0.942. The van der Waals surface area contributed by atoms with Gasteiger partial charge in [0.15, 0.2) is 0 Å². The zero-order valence-corrected chi connectivity index (χ0v) is 12.0. The summed E-state index contributed by atoms with van der Waals surface area (Å²) in [4.78, 5) is 16.1. The highest BCUT2D eigenvalue weighted by atomic mass is 79.9. The first-order chi connectivity index (χ1) is 9.20. The molecule has 0 aliphatic heterocycles. The molecule has 1 aromatic carbocycles. The number of amides is 1. The van der Waals surface area contributed by atoms with Crippen LogP contribution in [0.3, 0.4) is 0 Å². The largest absolute Gasteiger partial charge is 0.497 e. The molecule has 0 spiro atoms. The molecule has 0 saturated carbocycles. The van der Waals surface area contributed by atoms with Crippen LogP contribution in [0, 0.1) is 0 Å². The van der Waals surface area contributed by atoms with Gasteiger partial charge in [0, 0.05) is 23.4 Å². The van der Waals surface area contributed by atoms with Gasteiger partial charge in [0.25, 0.3) is 5.91 Å². The van der Waals surface area contributed by atoms with Gasteiger partial charge in [-0.05, 0) is 45.8 Å². The number of benzene rings is 1. The summed E-state index contributed by atoms with van der Waals surface area (Å²) in [5.41, 5.74) is 1.50. The summed E-state index contributed by atoms with van der Waals surface area (Å²) in [6, 6.07) is 9.03. The minimum absolute atomic E-state index is 0.158. The smallest absolute Gasteiger partial charge is 0.252 e. The molecule has 0 atom stereocenters. The Morgan fingerprint density at radius 1 is 1.42 bits per heavy atom. The summed E-state index contributed by atoms with van der Waals surface area (Å²) < 4.78 is 5.85. The van der Waals surface area contributed by atoms with Crippen molar-refractivity contribution < 1.29 is 9.53 Å². The molecule has 1 N–H and O–H groups in total. The minimum Gasteiger partial charge on any atom is -0.497 e. The maximum absolute atomic E-state index is 12.1. The molecule has 1 heterocycles. The van der Waals surface area contributed by atoms with Crippen molar-refractivity contribution in [1.82, 2.24) is 10.3 Å². The van der Waals surface area contributed by atoms with Gasteiger partial charge >= 0.3 is 0 Å². The van der Waals surface area contributed by atoms with Crippen LogP contribution in [0.5, 0.6) is 5.75 Å². The number of carbonyl (C=O) groups is 1. The average Bonchev–Trinajstić information content (AvgIpc) is 2.46. The molecular formula is C14H13BrN2O2. The maximum Gasteiger partial charge on any atom is 0.252 e. The van der Waals surface area contributed by atoms with E-state index in [1.54, 1.807) is 37.7 Å². The number of aromatic nitrogens is 1. The Morgan fingerprint density at radius 3 is 2.95 bits per heavy atom. The van der Waals surface area contributed by atoms with Crippen LogP contribution in [0.25, 0.3) is 0 Å². The van der Waals surface area contributed by atoms with Crippen LogP contribution >= 0.6 is 15.9 Å². The van der Waals surface area contributed by atoms with Crippen molar-refractivity contribution in [2.45, 2.75) is 6.54 Å². The topological polar surface area (TPSA) is 51.2 Å². The molecule has 0 fully saturated rings. The van der Waals surface area contributed by atoms with E-state index in [0.717, 1.165) is 10.0 Å². The van der Waals surface area contributed by atoms with E-state index in [1.165, 1.54) is 0 Å². The van der Waals surface area contributed by atoms with Crippen LogP contribution in [0.2, 0.25) is 0 Å². The third kappa shape index (κ3) is 3.54. The molecule has 5 heteroatoms. The molecule has 0 saturated heterocycles. The molecule has 4 nitrogen and oxygen atoms in total. The Hall–Kier alpha value is -1.88. The molecule has 2 aromatic rings. The Kier molecular flexibility index (Phi) is 4.52. The highest BCUT2D eigenvalue weighted by Gasteiger charge is 2.11. The third-order valence-corrected chi connectivity index (χ3v) is 3.29. The van der Waals surface area contributed by atoms with Gasteiger partial charge < -0.3 is 10.1 Å².